The Labute approximate surface area is 147 Å². The molecule has 2 rings (SSSR count). The number of aliphatic hydroxyl groups excluding tert-OH is 1. The number of hydrogen-bond acceptors (Lipinski definition) is 3. The molecule has 1 N–H and O–H groups in total. The molecular weight excluding hydrogens is 319 g/mol. The van der Waals surface area contributed by atoms with Crippen LogP contribution in [-0.2, 0) is 4.79 Å². The SMILES string of the molecule is Cc1ccc(N(CCC#N)C(=O)CC(O)c2cccc(F)c2)cc1C. The molecule has 1 amide bonds. The second-order valence-electron chi connectivity index (χ2n) is 6.00. The molecule has 0 aliphatic heterocycles. The molecule has 0 bridgehead atoms. The van der Waals surface area contributed by atoms with Crippen LogP contribution < -0.4 is 4.90 Å². The highest BCUT2D eigenvalue weighted by atomic mass is 19.1. The molecule has 0 aliphatic carbocycles. The first-order valence-electron chi connectivity index (χ1n) is 8.10. The number of aryl methyl sites for hydroxylation is 2. The van der Waals surface area contributed by atoms with Gasteiger partial charge in [-0.1, -0.05) is 18.2 Å². The van der Waals surface area contributed by atoms with Gasteiger partial charge in [0.1, 0.15) is 5.82 Å². The summed E-state index contributed by atoms with van der Waals surface area (Å²) in [6.45, 7) is 4.18. The van der Waals surface area contributed by atoms with Gasteiger partial charge >= 0.3 is 0 Å². The van der Waals surface area contributed by atoms with Gasteiger partial charge in [0.15, 0.2) is 0 Å². The molecule has 130 valence electrons. The van der Waals surface area contributed by atoms with Gasteiger partial charge in [-0.25, -0.2) is 4.39 Å². The number of nitriles is 1. The average molecular weight is 340 g/mol. The molecule has 1 atom stereocenters. The predicted octanol–water partition coefficient (Wildman–Crippen LogP) is 3.81. The normalized spacial score (nSPS) is 11.6. The van der Waals surface area contributed by atoms with Crippen LogP contribution in [0.2, 0.25) is 0 Å². The number of amides is 1. The van der Waals surface area contributed by atoms with Gasteiger partial charge < -0.3 is 10.0 Å². The number of aliphatic hydroxyl groups is 1. The molecule has 2 aromatic rings. The Morgan fingerprint density at radius 3 is 2.64 bits per heavy atom. The minimum atomic E-state index is -1.10. The Kier molecular flexibility index (Phi) is 6.26. The van der Waals surface area contributed by atoms with Crippen LogP contribution in [0.4, 0.5) is 10.1 Å². The van der Waals surface area contributed by atoms with E-state index in [0.717, 1.165) is 11.1 Å². The topological polar surface area (TPSA) is 64.3 Å². The zero-order valence-corrected chi connectivity index (χ0v) is 14.4. The first-order valence-corrected chi connectivity index (χ1v) is 8.10. The van der Waals surface area contributed by atoms with E-state index in [4.69, 9.17) is 5.26 Å². The van der Waals surface area contributed by atoms with Crippen molar-refractivity contribution in [2.45, 2.75) is 32.8 Å². The summed E-state index contributed by atoms with van der Waals surface area (Å²) in [6.07, 6.45) is -1.09. The highest BCUT2D eigenvalue weighted by Crippen LogP contribution is 2.23. The summed E-state index contributed by atoms with van der Waals surface area (Å²) in [5, 5.41) is 19.1. The molecular formula is C20H21FN2O2. The predicted molar refractivity (Wildman–Crippen MR) is 94.5 cm³/mol. The third-order valence-electron chi connectivity index (χ3n) is 4.15. The number of halogens is 1. The van der Waals surface area contributed by atoms with Crippen molar-refractivity contribution in [3.63, 3.8) is 0 Å². The van der Waals surface area contributed by atoms with Crippen LogP contribution in [0, 0.1) is 31.0 Å². The van der Waals surface area contributed by atoms with Crippen LogP contribution in [0.15, 0.2) is 42.5 Å². The molecule has 5 heteroatoms. The number of benzene rings is 2. The first-order chi connectivity index (χ1) is 11.9. The highest BCUT2D eigenvalue weighted by molar-refractivity contribution is 5.93. The van der Waals surface area contributed by atoms with E-state index in [1.165, 1.54) is 23.1 Å². The third-order valence-corrected chi connectivity index (χ3v) is 4.15. The number of nitrogens with zero attached hydrogens (tertiary/aromatic N) is 2. The first kappa shape index (κ1) is 18.6. The fraction of sp³-hybridized carbons (Fsp3) is 0.300. The standard InChI is InChI=1S/C20H21FN2O2/c1-14-7-8-18(11-15(14)2)23(10-4-9-22)20(25)13-19(24)16-5-3-6-17(21)12-16/h3,5-8,11-12,19,24H,4,10,13H2,1-2H3. The number of hydrogen-bond donors (Lipinski definition) is 1. The van der Waals surface area contributed by atoms with Crippen LogP contribution >= 0.6 is 0 Å². The van der Waals surface area contributed by atoms with Crippen LogP contribution in [-0.4, -0.2) is 17.6 Å². The van der Waals surface area contributed by atoms with E-state index >= 15 is 0 Å². The van der Waals surface area contributed by atoms with Crippen molar-refractivity contribution in [3.8, 4) is 6.07 Å². The molecule has 0 heterocycles. The van der Waals surface area contributed by atoms with Gasteiger partial charge in [-0.3, -0.25) is 4.79 Å². The van der Waals surface area contributed by atoms with Gasteiger partial charge in [0, 0.05) is 12.2 Å². The molecule has 0 saturated carbocycles. The number of carbonyl (C=O) groups excluding carboxylic acids is 1. The Bertz CT molecular complexity index is 799. The number of rotatable bonds is 6. The third kappa shape index (κ3) is 4.88. The second-order valence-corrected chi connectivity index (χ2v) is 6.00. The largest absolute Gasteiger partial charge is 0.388 e. The number of anilines is 1. The van der Waals surface area contributed by atoms with Crippen LogP contribution in [0.5, 0.6) is 0 Å². The fourth-order valence-electron chi connectivity index (χ4n) is 2.56. The van der Waals surface area contributed by atoms with Gasteiger partial charge in [-0.05, 0) is 54.8 Å². The molecule has 4 nitrogen and oxygen atoms in total. The monoisotopic (exact) mass is 340 g/mol. The van der Waals surface area contributed by atoms with Gasteiger partial charge in [0.25, 0.3) is 0 Å². The van der Waals surface area contributed by atoms with Crippen molar-refractivity contribution in [1.29, 1.82) is 5.26 Å². The van der Waals surface area contributed by atoms with Gasteiger partial charge in [-0.2, -0.15) is 5.26 Å². The fourth-order valence-corrected chi connectivity index (χ4v) is 2.56. The summed E-state index contributed by atoms with van der Waals surface area (Å²) < 4.78 is 13.3. The van der Waals surface area contributed by atoms with Gasteiger partial charge in [-0.15, -0.1) is 0 Å². The van der Waals surface area contributed by atoms with E-state index in [1.807, 2.05) is 38.1 Å². The molecule has 1 unspecified atom stereocenters. The molecule has 0 aromatic heterocycles. The van der Waals surface area contributed by atoms with E-state index in [9.17, 15) is 14.3 Å². The highest BCUT2D eigenvalue weighted by Gasteiger charge is 2.21. The van der Waals surface area contributed by atoms with Crippen molar-refractivity contribution in [2.75, 3.05) is 11.4 Å². The molecule has 0 spiro atoms. The lowest BCUT2D eigenvalue weighted by molar-refractivity contribution is -0.120. The molecule has 2 aromatic carbocycles. The summed E-state index contributed by atoms with van der Waals surface area (Å²) in [6, 6.07) is 13.2. The lowest BCUT2D eigenvalue weighted by atomic mass is 10.0. The van der Waals surface area contributed by atoms with Crippen molar-refractivity contribution < 1.29 is 14.3 Å². The summed E-state index contributed by atoms with van der Waals surface area (Å²) >= 11 is 0. The van der Waals surface area contributed by atoms with Crippen molar-refractivity contribution in [2.24, 2.45) is 0 Å². The van der Waals surface area contributed by atoms with E-state index in [2.05, 4.69) is 0 Å². The lowest BCUT2D eigenvalue weighted by Gasteiger charge is -2.24. The van der Waals surface area contributed by atoms with Crippen molar-refractivity contribution in [3.05, 3.63) is 65.0 Å². The maximum absolute atomic E-state index is 13.3. The molecule has 25 heavy (non-hydrogen) atoms. The van der Waals surface area contributed by atoms with Crippen LogP contribution in [0.25, 0.3) is 0 Å². The minimum absolute atomic E-state index is 0.179. The quantitative estimate of drug-likeness (QED) is 0.869. The van der Waals surface area contributed by atoms with Crippen LogP contribution in [0.1, 0.15) is 35.6 Å². The molecule has 0 aliphatic rings. The number of carbonyl (C=O) groups is 1. The van der Waals surface area contributed by atoms with Crippen LogP contribution in [0.3, 0.4) is 0 Å². The van der Waals surface area contributed by atoms with Crippen molar-refractivity contribution in [1.82, 2.24) is 0 Å². The maximum Gasteiger partial charge on any atom is 0.229 e. The molecule has 0 fully saturated rings. The Morgan fingerprint density at radius 2 is 2.00 bits per heavy atom. The van der Waals surface area contributed by atoms with E-state index in [1.54, 1.807) is 6.07 Å². The van der Waals surface area contributed by atoms with Gasteiger partial charge in [0.2, 0.25) is 5.91 Å². The lowest BCUT2D eigenvalue weighted by Crippen LogP contribution is -2.33. The Morgan fingerprint density at radius 1 is 1.24 bits per heavy atom. The average Bonchev–Trinajstić information content (AvgIpc) is 2.58. The molecule has 0 saturated heterocycles. The zero-order chi connectivity index (χ0) is 18.4. The Balaban J connectivity index is 2.20. The van der Waals surface area contributed by atoms with E-state index in [-0.39, 0.29) is 25.3 Å². The van der Waals surface area contributed by atoms with E-state index < -0.39 is 11.9 Å². The second kappa shape index (κ2) is 8.41. The maximum atomic E-state index is 13.3. The van der Waals surface area contributed by atoms with Crippen molar-refractivity contribution >= 4 is 11.6 Å². The minimum Gasteiger partial charge on any atom is -0.388 e. The van der Waals surface area contributed by atoms with E-state index in [0.29, 0.717) is 11.3 Å². The summed E-state index contributed by atoms with van der Waals surface area (Å²) in [7, 11) is 0. The molecule has 0 radical (unpaired) electrons. The summed E-state index contributed by atoms with van der Waals surface area (Å²) in [4.78, 5) is 14.2. The summed E-state index contributed by atoms with van der Waals surface area (Å²) in [5.41, 5.74) is 3.19. The zero-order valence-electron chi connectivity index (χ0n) is 14.4. The Hall–Kier alpha value is -2.71. The summed E-state index contributed by atoms with van der Waals surface area (Å²) in [5.74, 6) is -0.769. The smallest absolute Gasteiger partial charge is 0.229 e. The van der Waals surface area contributed by atoms with Gasteiger partial charge in [0.05, 0.1) is 25.0 Å².